The molecule has 5 nitrogen and oxygen atoms in total. The highest BCUT2D eigenvalue weighted by Crippen LogP contribution is 2.16. The summed E-state index contributed by atoms with van der Waals surface area (Å²) in [6.07, 6.45) is 3.63. The fraction of sp³-hybridized carbons (Fsp3) is 0.312. The highest BCUT2D eigenvalue weighted by molar-refractivity contribution is 5.46. The molecule has 0 saturated carbocycles. The number of anilines is 1. The molecule has 0 spiro atoms. The third-order valence-corrected chi connectivity index (χ3v) is 3.71. The van der Waals surface area contributed by atoms with Crippen molar-refractivity contribution in [2.24, 2.45) is 0 Å². The van der Waals surface area contributed by atoms with E-state index in [1.807, 2.05) is 30.5 Å². The van der Waals surface area contributed by atoms with Crippen LogP contribution in [0.15, 0.2) is 42.7 Å². The van der Waals surface area contributed by atoms with Crippen LogP contribution in [-0.4, -0.2) is 41.0 Å². The molecule has 0 N–H and O–H groups in total. The van der Waals surface area contributed by atoms with Crippen LogP contribution in [0.5, 0.6) is 0 Å². The Balaban J connectivity index is 1.56. The molecule has 1 saturated heterocycles. The lowest BCUT2D eigenvalue weighted by Crippen LogP contribution is -2.46. The Morgan fingerprint density at radius 3 is 2.52 bits per heavy atom. The summed E-state index contributed by atoms with van der Waals surface area (Å²) in [5.74, 6) is 0. The van der Waals surface area contributed by atoms with Crippen molar-refractivity contribution in [3.63, 3.8) is 0 Å². The molecule has 0 atom stereocenters. The van der Waals surface area contributed by atoms with Gasteiger partial charge in [0.2, 0.25) is 0 Å². The van der Waals surface area contributed by atoms with E-state index in [9.17, 15) is 0 Å². The molecule has 5 heteroatoms. The Kier molecular flexibility index (Phi) is 4.08. The van der Waals surface area contributed by atoms with E-state index >= 15 is 0 Å². The molecular weight excluding hydrogens is 262 g/mol. The van der Waals surface area contributed by atoms with Crippen molar-refractivity contribution in [3.8, 4) is 6.07 Å². The van der Waals surface area contributed by atoms with Gasteiger partial charge in [0.25, 0.3) is 0 Å². The fourth-order valence-corrected chi connectivity index (χ4v) is 2.52. The number of piperazine rings is 1. The van der Waals surface area contributed by atoms with E-state index in [0.717, 1.165) is 44.1 Å². The molecule has 2 aromatic rings. The van der Waals surface area contributed by atoms with Gasteiger partial charge in [-0.2, -0.15) is 5.26 Å². The van der Waals surface area contributed by atoms with E-state index in [-0.39, 0.29) is 0 Å². The number of hydrogen-bond donors (Lipinski definition) is 0. The van der Waals surface area contributed by atoms with Crippen LogP contribution in [0.25, 0.3) is 0 Å². The van der Waals surface area contributed by atoms with Crippen molar-refractivity contribution in [3.05, 3.63) is 54.1 Å². The summed E-state index contributed by atoms with van der Waals surface area (Å²) in [7, 11) is 0. The van der Waals surface area contributed by atoms with Crippen LogP contribution >= 0.6 is 0 Å². The second kappa shape index (κ2) is 6.33. The molecule has 1 fully saturated rings. The van der Waals surface area contributed by atoms with Gasteiger partial charge in [-0.3, -0.25) is 9.88 Å². The zero-order valence-electron chi connectivity index (χ0n) is 11.8. The molecule has 0 bridgehead atoms. The van der Waals surface area contributed by atoms with Crippen molar-refractivity contribution in [2.75, 3.05) is 31.1 Å². The van der Waals surface area contributed by atoms with E-state index < -0.39 is 0 Å². The lowest BCUT2D eigenvalue weighted by molar-refractivity contribution is 0.247. The topological polar surface area (TPSA) is 56.1 Å². The highest BCUT2D eigenvalue weighted by Gasteiger charge is 2.17. The number of nitriles is 1. The van der Waals surface area contributed by atoms with Gasteiger partial charge in [-0.15, -0.1) is 0 Å². The SMILES string of the molecule is N#Cc1ccc(N2CCN(Cc3ccccn3)CC2)cn1. The molecule has 3 heterocycles. The quantitative estimate of drug-likeness (QED) is 0.855. The summed E-state index contributed by atoms with van der Waals surface area (Å²) in [4.78, 5) is 13.2. The van der Waals surface area contributed by atoms with Crippen molar-refractivity contribution in [2.45, 2.75) is 6.54 Å². The van der Waals surface area contributed by atoms with E-state index in [4.69, 9.17) is 5.26 Å². The number of aromatic nitrogens is 2. The average molecular weight is 279 g/mol. The van der Waals surface area contributed by atoms with Gasteiger partial charge in [0.15, 0.2) is 0 Å². The fourth-order valence-electron chi connectivity index (χ4n) is 2.52. The number of hydrogen-bond acceptors (Lipinski definition) is 5. The van der Waals surface area contributed by atoms with Crippen LogP contribution in [0, 0.1) is 11.3 Å². The number of pyridine rings is 2. The molecule has 1 aliphatic heterocycles. The standard InChI is InChI=1S/C16H17N5/c17-11-14-4-5-16(12-19-14)21-9-7-20(8-10-21)13-15-3-1-2-6-18-15/h1-6,12H,7-10,13H2. The molecule has 0 aliphatic carbocycles. The molecule has 21 heavy (non-hydrogen) atoms. The largest absolute Gasteiger partial charge is 0.368 e. The molecule has 106 valence electrons. The first kappa shape index (κ1) is 13.5. The predicted octanol–water partition coefficient (Wildman–Crippen LogP) is 1.67. The van der Waals surface area contributed by atoms with Gasteiger partial charge in [0.1, 0.15) is 11.8 Å². The summed E-state index contributed by atoms with van der Waals surface area (Å²) in [5.41, 5.74) is 2.67. The monoisotopic (exact) mass is 279 g/mol. The maximum atomic E-state index is 8.78. The van der Waals surface area contributed by atoms with Crippen molar-refractivity contribution in [1.82, 2.24) is 14.9 Å². The molecule has 2 aromatic heterocycles. The van der Waals surface area contributed by atoms with Crippen LogP contribution in [0.2, 0.25) is 0 Å². The first-order valence-corrected chi connectivity index (χ1v) is 7.08. The summed E-state index contributed by atoms with van der Waals surface area (Å²) < 4.78 is 0. The van der Waals surface area contributed by atoms with Gasteiger partial charge >= 0.3 is 0 Å². The van der Waals surface area contributed by atoms with Crippen LogP contribution in [-0.2, 0) is 6.54 Å². The Bertz CT molecular complexity index is 609. The van der Waals surface area contributed by atoms with E-state index in [2.05, 4.69) is 25.8 Å². The zero-order valence-corrected chi connectivity index (χ0v) is 11.8. The van der Waals surface area contributed by atoms with Crippen molar-refractivity contribution >= 4 is 5.69 Å². The zero-order chi connectivity index (χ0) is 14.5. The smallest absolute Gasteiger partial charge is 0.140 e. The lowest BCUT2D eigenvalue weighted by Gasteiger charge is -2.35. The molecule has 0 radical (unpaired) electrons. The summed E-state index contributed by atoms with van der Waals surface area (Å²) >= 11 is 0. The highest BCUT2D eigenvalue weighted by atomic mass is 15.3. The van der Waals surface area contributed by atoms with E-state index in [0.29, 0.717) is 5.69 Å². The third kappa shape index (κ3) is 3.36. The second-order valence-corrected chi connectivity index (χ2v) is 5.10. The van der Waals surface area contributed by atoms with Gasteiger partial charge in [-0.1, -0.05) is 6.07 Å². The Morgan fingerprint density at radius 1 is 1.05 bits per heavy atom. The van der Waals surface area contributed by atoms with Crippen LogP contribution in [0.3, 0.4) is 0 Å². The van der Waals surface area contributed by atoms with Crippen LogP contribution in [0.4, 0.5) is 5.69 Å². The van der Waals surface area contributed by atoms with Gasteiger partial charge in [0.05, 0.1) is 17.6 Å². The molecule has 3 rings (SSSR count). The second-order valence-electron chi connectivity index (χ2n) is 5.10. The Labute approximate surface area is 124 Å². The summed E-state index contributed by atoms with van der Waals surface area (Å²) in [6, 6.07) is 11.8. The molecule has 0 unspecified atom stereocenters. The minimum absolute atomic E-state index is 0.465. The van der Waals surface area contributed by atoms with Crippen LogP contribution in [0.1, 0.15) is 11.4 Å². The van der Waals surface area contributed by atoms with E-state index in [1.165, 1.54) is 0 Å². The number of rotatable bonds is 3. The van der Waals surface area contributed by atoms with Crippen LogP contribution < -0.4 is 4.90 Å². The van der Waals surface area contributed by atoms with Crippen molar-refractivity contribution < 1.29 is 0 Å². The van der Waals surface area contributed by atoms with Crippen molar-refractivity contribution in [1.29, 1.82) is 5.26 Å². The first-order valence-electron chi connectivity index (χ1n) is 7.08. The minimum Gasteiger partial charge on any atom is -0.368 e. The lowest BCUT2D eigenvalue weighted by atomic mass is 10.2. The van der Waals surface area contributed by atoms with Gasteiger partial charge < -0.3 is 4.90 Å². The molecule has 0 aromatic carbocycles. The van der Waals surface area contributed by atoms with Gasteiger partial charge in [-0.25, -0.2) is 4.98 Å². The Hall–Kier alpha value is -2.45. The maximum absolute atomic E-state index is 8.78. The predicted molar refractivity (Wildman–Crippen MR) is 80.7 cm³/mol. The summed E-state index contributed by atoms with van der Waals surface area (Å²) in [6.45, 7) is 4.87. The Morgan fingerprint density at radius 2 is 1.90 bits per heavy atom. The molecule has 0 amide bonds. The van der Waals surface area contributed by atoms with Gasteiger partial charge in [-0.05, 0) is 24.3 Å². The third-order valence-electron chi connectivity index (χ3n) is 3.71. The molecule has 1 aliphatic rings. The van der Waals surface area contributed by atoms with Gasteiger partial charge in [0, 0.05) is 38.9 Å². The average Bonchev–Trinajstić information content (AvgIpc) is 2.57. The number of nitrogens with zero attached hydrogens (tertiary/aromatic N) is 5. The molecular formula is C16H17N5. The first-order chi connectivity index (χ1) is 10.3. The normalized spacial score (nSPS) is 15.7. The maximum Gasteiger partial charge on any atom is 0.140 e. The summed E-state index contributed by atoms with van der Waals surface area (Å²) in [5, 5.41) is 8.78. The van der Waals surface area contributed by atoms with E-state index in [1.54, 1.807) is 12.3 Å². The minimum atomic E-state index is 0.465.